The lowest BCUT2D eigenvalue weighted by Gasteiger charge is -2.04. The summed E-state index contributed by atoms with van der Waals surface area (Å²) in [6.07, 6.45) is 5.89. The quantitative estimate of drug-likeness (QED) is 0.682. The van der Waals surface area contributed by atoms with Gasteiger partial charge in [0, 0.05) is 0 Å². The summed E-state index contributed by atoms with van der Waals surface area (Å²) in [6.45, 7) is 5.76. The van der Waals surface area contributed by atoms with Crippen LogP contribution in [0.2, 0.25) is 0 Å². The fourth-order valence-electron chi connectivity index (χ4n) is 1.19. The zero-order valence-electron chi connectivity index (χ0n) is 8.08. The number of methoxy groups -OCH3 is 1. The van der Waals surface area contributed by atoms with Crippen LogP contribution in [-0.2, 0) is 0 Å². The molecule has 0 aliphatic rings. The minimum atomic E-state index is 0.864. The second kappa shape index (κ2) is 4.51. The molecule has 0 heterocycles. The van der Waals surface area contributed by atoms with Crippen molar-refractivity contribution in [2.45, 2.75) is 6.92 Å². The van der Waals surface area contributed by atoms with Gasteiger partial charge in [0.2, 0.25) is 0 Å². The summed E-state index contributed by atoms with van der Waals surface area (Å²) in [7, 11) is 1.66. The summed E-state index contributed by atoms with van der Waals surface area (Å²) in [5.41, 5.74) is 2.26. The number of hydrogen-bond acceptors (Lipinski definition) is 1. The first kappa shape index (κ1) is 9.59. The van der Waals surface area contributed by atoms with Gasteiger partial charge in [0.25, 0.3) is 0 Å². The Morgan fingerprint density at radius 1 is 1.31 bits per heavy atom. The van der Waals surface area contributed by atoms with Crippen LogP contribution in [-0.4, -0.2) is 7.11 Å². The van der Waals surface area contributed by atoms with Crippen molar-refractivity contribution in [3.05, 3.63) is 42.0 Å². The van der Waals surface area contributed by atoms with Crippen molar-refractivity contribution in [1.29, 1.82) is 0 Å². The molecule has 0 atom stereocenters. The molecule has 0 saturated carbocycles. The van der Waals surface area contributed by atoms with Gasteiger partial charge in [0.1, 0.15) is 5.75 Å². The Kier molecular flexibility index (Phi) is 3.32. The standard InChI is InChI=1S/C12H14O/c1-4-6-11-7-8-12(13-3)9-10(11)5-2/h4-9H,2H2,1,3H3/b6-4+. The van der Waals surface area contributed by atoms with Crippen molar-refractivity contribution < 1.29 is 4.74 Å². The van der Waals surface area contributed by atoms with Crippen LogP contribution < -0.4 is 4.74 Å². The number of allylic oxidation sites excluding steroid dienone is 1. The Bertz CT molecular complexity index is 324. The summed E-state index contributed by atoms with van der Waals surface area (Å²) in [5.74, 6) is 0.864. The molecule has 0 spiro atoms. The highest BCUT2D eigenvalue weighted by Gasteiger charge is 1.97. The molecule has 0 aromatic heterocycles. The zero-order chi connectivity index (χ0) is 9.68. The molecule has 0 aliphatic heterocycles. The van der Waals surface area contributed by atoms with E-state index < -0.39 is 0 Å². The summed E-state index contributed by atoms with van der Waals surface area (Å²) >= 11 is 0. The van der Waals surface area contributed by atoms with Gasteiger partial charge >= 0.3 is 0 Å². The average Bonchev–Trinajstić information content (AvgIpc) is 2.19. The topological polar surface area (TPSA) is 9.23 Å². The highest BCUT2D eigenvalue weighted by molar-refractivity contribution is 5.65. The number of rotatable bonds is 3. The van der Waals surface area contributed by atoms with Gasteiger partial charge in [-0.05, 0) is 30.2 Å². The van der Waals surface area contributed by atoms with Crippen LogP contribution in [0.5, 0.6) is 5.75 Å². The summed E-state index contributed by atoms with van der Waals surface area (Å²) in [6, 6.07) is 5.94. The van der Waals surface area contributed by atoms with Gasteiger partial charge in [-0.15, -0.1) is 0 Å². The maximum absolute atomic E-state index is 5.12. The van der Waals surface area contributed by atoms with Crippen LogP contribution in [0, 0.1) is 0 Å². The molecule has 0 amide bonds. The highest BCUT2D eigenvalue weighted by Crippen LogP contribution is 2.19. The molecule has 0 N–H and O–H groups in total. The molecule has 0 bridgehead atoms. The predicted molar refractivity (Wildman–Crippen MR) is 57.8 cm³/mol. The molecule has 0 fully saturated rings. The fourth-order valence-corrected chi connectivity index (χ4v) is 1.19. The van der Waals surface area contributed by atoms with Crippen LogP contribution >= 0.6 is 0 Å². The Hall–Kier alpha value is -1.50. The van der Waals surface area contributed by atoms with Gasteiger partial charge in [0.15, 0.2) is 0 Å². The Morgan fingerprint density at radius 2 is 2.08 bits per heavy atom. The largest absolute Gasteiger partial charge is 0.497 e. The van der Waals surface area contributed by atoms with Crippen molar-refractivity contribution in [3.63, 3.8) is 0 Å². The number of ether oxygens (including phenoxy) is 1. The van der Waals surface area contributed by atoms with Gasteiger partial charge in [-0.25, -0.2) is 0 Å². The maximum Gasteiger partial charge on any atom is 0.119 e. The number of benzene rings is 1. The van der Waals surface area contributed by atoms with E-state index in [2.05, 4.69) is 12.7 Å². The summed E-state index contributed by atoms with van der Waals surface area (Å²) in [5, 5.41) is 0. The zero-order valence-corrected chi connectivity index (χ0v) is 8.08. The lowest BCUT2D eigenvalue weighted by molar-refractivity contribution is 0.414. The first-order valence-corrected chi connectivity index (χ1v) is 4.25. The van der Waals surface area contributed by atoms with Crippen molar-refractivity contribution in [2.24, 2.45) is 0 Å². The Morgan fingerprint density at radius 3 is 2.62 bits per heavy atom. The van der Waals surface area contributed by atoms with Crippen molar-refractivity contribution >= 4 is 12.2 Å². The SMILES string of the molecule is C=Cc1cc(OC)ccc1/C=C/C. The van der Waals surface area contributed by atoms with E-state index in [4.69, 9.17) is 4.74 Å². The molecule has 0 unspecified atom stereocenters. The first-order valence-electron chi connectivity index (χ1n) is 4.25. The van der Waals surface area contributed by atoms with E-state index in [1.54, 1.807) is 7.11 Å². The van der Waals surface area contributed by atoms with E-state index in [-0.39, 0.29) is 0 Å². The molecule has 0 saturated heterocycles. The van der Waals surface area contributed by atoms with Gasteiger partial charge in [-0.1, -0.05) is 30.9 Å². The second-order valence-electron chi connectivity index (χ2n) is 2.70. The molecule has 68 valence electrons. The molecular weight excluding hydrogens is 160 g/mol. The van der Waals surface area contributed by atoms with E-state index in [0.29, 0.717) is 0 Å². The van der Waals surface area contributed by atoms with E-state index in [1.165, 1.54) is 5.56 Å². The second-order valence-corrected chi connectivity index (χ2v) is 2.70. The molecule has 0 aliphatic carbocycles. The van der Waals surface area contributed by atoms with Gasteiger partial charge in [0.05, 0.1) is 7.11 Å². The van der Waals surface area contributed by atoms with Crippen molar-refractivity contribution in [3.8, 4) is 5.75 Å². The summed E-state index contributed by atoms with van der Waals surface area (Å²) in [4.78, 5) is 0. The van der Waals surface area contributed by atoms with Gasteiger partial charge in [-0.2, -0.15) is 0 Å². The van der Waals surface area contributed by atoms with Crippen molar-refractivity contribution in [1.82, 2.24) is 0 Å². The van der Waals surface area contributed by atoms with E-state index in [9.17, 15) is 0 Å². The number of hydrogen-bond donors (Lipinski definition) is 0. The van der Waals surface area contributed by atoms with E-state index in [1.807, 2.05) is 37.3 Å². The van der Waals surface area contributed by atoms with Crippen LogP contribution in [0.4, 0.5) is 0 Å². The van der Waals surface area contributed by atoms with Crippen LogP contribution in [0.25, 0.3) is 12.2 Å². The van der Waals surface area contributed by atoms with Gasteiger partial charge < -0.3 is 4.74 Å². The molecule has 1 aromatic carbocycles. The predicted octanol–water partition coefficient (Wildman–Crippen LogP) is 3.37. The molecular formula is C12H14O. The molecule has 1 rings (SSSR count). The third-order valence-corrected chi connectivity index (χ3v) is 1.86. The normalized spacial score (nSPS) is 10.3. The average molecular weight is 174 g/mol. The lowest BCUT2D eigenvalue weighted by atomic mass is 10.1. The third kappa shape index (κ3) is 2.22. The molecule has 1 heteroatoms. The monoisotopic (exact) mass is 174 g/mol. The van der Waals surface area contributed by atoms with Gasteiger partial charge in [-0.3, -0.25) is 0 Å². The third-order valence-electron chi connectivity index (χ3n) is 1.86. The minimum absolute atomic E-state index is 0.864. The maximum atomic E-state index is 5.12. The van der Waals surface area contributed by atoms with Crippen LogP contribution in [0.15, 0.2) is 30.9 Å². The summed E-state index contributed by atoms with van der Waals surface area (Å²) < 4.78 is 5.12. The first-order chi connectivity index (χ1) is 6.31. The van der Waals surface area contributed by atoms with E-state index in [0.717, 1.165) is 11.3 Å². The van der Waals surface area contributed by atoms with Crippen LogP contribution in [0.3, 0.4) is 0 Å². The smallest absolute Gasteiger partial charge is 0.119 e. The van der Waals surface area contributed by atoms with Crippen LogP contribution in [0.1, 0.15) is 18.1 Å². The lowest BCUT2D eigenvalue weighted by Crippen LogP contribution is -1.85. The highest BCUT2D eigenvalue weighted by atomic mass is 16.5. The Labute approximate surface area is 79.4 Å². The molecule has 0 radical (unpaired) electrons. The molecule has 1 nitrogen and oxygen atoms in total. The molecule has 13 heavy (non-hydrogen) atoms. The Balaban J connectivity index is 3.15. The fraction of sp³-hybridized carbons (Fsp3) is 0.167. The minimum Gasteiger partial charge on any atom is -0.497 e. The van der Waals surface area contributed by atoms with E-state index >= 15 is 0 Å². The van der Waals surface area contributed by atoms with Crippen molar-refractivity contribution in [2.75, 3.05) is 7.11 Å². The molecule has 1 aromatic rings.